The van der Waals surface area contributed by atoms with Crippen LogP contribution in [-0.2, 0) is 6.42 Å². The van der Waals surface area contributed by atoms with E-state index in [-0.39, 0.29) is 0 Å². The lowest BCUT2D eigenvalue weighted by atomic mass is 9.95. The van der Waals surface area contributed by atoms with Gasteiger partial charge in [0.1, 0.15) is 0 Å². The third kappa shape index (κ3) is 13.2. The average Bonchev–Trinajstić information content (AvgIpc) is 2.76. The molecule has 2 aromatic rings. The molecule has 0 aliphatic heterocycles. The van der Waals surface area contributed by atoms with Crippen LogP contribution in [0.1, 0.15) is 71.6 Å². The predicted molar refractivity (Wildman–Crippen MR) is 137 cm³/mol. The largest absolute Gasteiger partial charge is 0.0959 e. The highest BCUT2D eigenvalue weighted by Crippen LogP contribution is 2.24. The van der Waals surface area contributed by atoms with E-state index in [1.165, 1.54) is 22.3 Å². The van der Waals surface area contributed by atoms with Crippen molar-refractivity contribution in [3.8, 4) is 0 Å². The second kappa shape index (κ2) is 17.5. The van der Waals surface area contributed by atoms with Crippen molar-refractivity contribution in [1.82, 2.24) is 0 Å². The summed E-state index contributed by atoms with van der Waals surface area (Å²) in [6.07, 6.45) is 2.13. The molecule has 0 spiro atoms. The Hall–Kier alpha value is -2.60. The number of hydrogen-bond donors (Lipinski definition) is 0. The second-order valence-corrected chi connectivity index (χ2v) is 6.68. The van der Waals surface area contributed by atoms with E-state index in [9.17, 15) is 0 Å². The minimum atomic E-state index is 0.990. The lowest BCUT2D eigenvalue weighted by molar-refractivity contribution is 1.14. The van der Waals surface area contributed by atoms with Gasteiger partial charge in [-0.25, -0.2) is 0 Å². The monoisotopic (exact) mass is 390 g/mol. The molecule has 0 unspecified atom stereocenters. The van der Waals surface area contributed by atoms with E-state index in [4.69, 9.17) is 0 Å². The molecule has 2 aromatic carbocycles. The Morgan fingerprint density at radius 3 is 1.38 bits per heavy atom. The van der Waals surface area contributed by atoms with Gasteiger partial charge < -0.3 is 0 Å². The van der Waals surface area contributed by atoms with E-state index < -0.39 is 0 Å². The van der Waals surface area contributed by atoms with Crippen LogP contribution in [0.5, 0.6) is 0 Å². The van der Waals surface area contributed by atoms with Crippen molar-refractivity contribution in [3.63, 3.8) is 0 Å². The Morgan fingerprint density at radius 1 is 0.655 bits per heavy atom. The van der Waals surface area contributed by atoms with Crippen LogP contribution >= 0.6 is 0 Å². The topological polar surface area (TPSA) is 0 Å². The van der Waals surface area contributed by atoms with Crippen LogP contribution in [0, 0.1) is 0 Å². The van der Waals surface area contributed by atoms with Gasteiger partial charge in [-0.2, -0.15) is 0 Å². The van der Waals surface area contributed by atoms with E-state index in [0.29, 0.717) is 0 Å². The van der Waals surface area contributed by atoms with Crippen LogP contribution in [-0.4, -0.2) is 0 Å². The number of rotatable bonds is 5. The van der Waals surface area contributed by atoms with Crippen molar-refractivity contribution >= 4 is 11.1 Å². The van der Waals surface area contributed by atoms with E-state index in [1.807, 2.05) is 52.8 Å². The maximum Gasteiger partial charge on any atom is -0.0155 e. The standard InChI is InChI=1S/C13H16.C8H10.C6H10.C2H6/c1-5-11(4)13-9-7-6-8-12(13)10(2)3;1-2-8-6-4-3-5-7-8;1-5(2)6(3)4;1-2/h6-9H,2,4-5H2,1,3H3;3-7H,2H2,1H3;1,3H2,2,4H3;1-2H3. The number of hydrogen-bond acceptors (Lipinski definition) is 0. The van der Waals surface area contributed by atoms with Gasteiger partial charge in [0.15, 0.2) is 0 Å². The summed E-state index contributed by atoms with van der Waals surface area (Å²) < 4.78 is 0. The maximum atomic E-state index is 4.05. The van der Waals surface area contributed by atoms with Crippen molar-refractivity contribution in [2.45, 2.75) is 61.3 Å². The van der Waals surface area contributed by atoms with Crippen LogP contribution < -0.4 is 0 Å². The summed E-state index contributed by atoms with van der Waals surface area (Å²) in [5, 5.41) is 0. The summed E-state index contributed by atoms with van der Waals surface area (Å²) >= 11 is 0. The molecule has 0 aromatic heterocycles. The SMILES string of the molecule is C=C(C)C(=C)C.C=C(C)c1ccccc1C(=C)CC.CC.CCc1ccccc1. The first-order valence-electron chi connectivity index (χ1n) is 10.5. The van der Waals surface area contributed by atoms with E-state index in [0.717, 1.165) is 29.6 Å². The molecule has 158 valence electrons. The second-order valence-electron chi connectivity index (χ2n) is 6.68. The Bertz CT molecular complexity index is 733. The maximum absolute atomic E-state index is 4.05. The zero-order chi connectivity index (χ0) is 22.8. The zero-order valence-electron chi connectivity index (χ0n) is 19.9. The van der Waals surface area contributed by atoms with Crippen molar-refractivity contribution in [1.29, 1.82) is 0 Å². The Kier molecular flexibility index (Phi) is 17.3. The molecule has 0 bridgehead atoms. The smallest absolute Gasteiger partial charge is 0.0155 e. The molecule has 0 nitrogen and oxygen atoms in total. The van der Waals surface area contributed by atoms with Crippen LogP contribution in [0.2, 0.25) is 0 Å². The first-order chi connectivity index (χ1) is 13.7. The summed E-state index contributed by atoms with van der Waals surface area (Å²) in [7, 11) is 0. The Morgan fingerprint density at radius 2 is 1.07 bits per heavy atom. The van der Waals surface area contributed by atoms with Gasteiger partial charge in [0.25, 0.3) is 0 Å². The van der Waals surface area contributed by atoms with Crippen molar-refractivity contribution < 1.29 is 0 Å². The van der Waals surface area contributed by atoms with E-state index in [1.54, 1.807) is 0 Å². The zero-order valence-corrected chi connectivity index (χ0v) is 19.9. The van der Waals surface area contributed by atoms with Crippen molar-refractivity contribution in [2.24, 2.45) is 0 Å². The molecule has 0 heteroatoms. The summed E-state index contributed by atoms with van der Waals surface area (Å²) in [6.45, 7) is 29.5. The molecule has 0 aliphatic rings. The summed E-state index contributed by atoms with van der Waals surface area (Å²) in [6, 6.07) is 18.7. The fourth-order valence-corrected chi connectivity index (χ4v) is 2.07. The van der Waals surface area contributed by atoms with Crippen LogP contribution in [0.3, 0.4) is 0 Å². The Balaban J connectivity index is 0. The molecule has 0 radical (unpaired) electrons. The van der Waals surface area contributed by atoms with Gasteiger partial charge in [-0.1, -0.05) is 125 Å². The van der Waals surface area contributed by atoms with Gasteiger partial charge in [-0.3, -0.25) is 0 Å². The summed E-state index contributed by atoms with van der Waals surface area (Å²) in [5.74, 6) is 0. The fourth-order valence-electron chi connectivity index (χ4n) is 2.07. The van der Waals surface area contributed by atoms with Crippen LogP contribution in [0.4, 0.5) is 0 Å². The molecule has 0 fully saturated rings. The number of allylic oxidation sites excluding steroid dienone is 4. The highest BCUT2D eigenvalue weighted by Gasteiger charge is 2.03. The predicted octanol–water partition coefficient (Wildman–Crippen LogP) is 9.56. The average molecular weight is 391 g/mol. The normalized spacial score (nSPS) is 8.66. The molecular weight excluding hydrogens is 348 g/mol. The molecule has 0 amide bonds. The fraction of sp³-hybridized carbons (Fsp3) is 0.310. The molecular formula is C29H42. The molecule has 0 heterocycles. The minimum absolute atomic E-state index is 0.990. The molecule has 0 N–H and O–H groups in total. The minimum Gasteiger partial charge on any atom is -0.0959 e. The number of benzene rings is 2. The lowest BCUT2D eigenvalue weighted by Crippen LogP contribution is -1.88. The van der Waals surface area contributed by atoms with Gasteiger partial charge >= 0.3 is 0 Å². The summed E-state index contributed by atoms with van der Waals surface area (Å²) in [4.78, 5) is 0. The summed E-state index contributed by atoms with van der Waals surface area (Å²) in [5.41, 5.74) is 8.27. The van der Waals surface area contributed by atoms with Gasteiger partial charge in [-0.15, -0.1) is 0 Å². The van der Waals surface area contributed by atoms with Crippen molar-refractivity contribution in [3.05, 3.63) is 109 Å². The molecule has 29 heavy (non-hydrogen) atoms. The molecule has 0 saturated carbocycles. The van der Waals surface area contributed by atoms with E-state index in [2.05, 4.69) is 76.6 Å². The molecule has 0 aliphatic carbocycles. The third-order valence-electron chi connectivity index (χ3n) is 4.17. The quantitative estimate of drug-likeness (QED) is 0.446. The highest BCUT2D eigenvalue weighted by atomic mass is 14.1. The van der Waals surface area contributed by atoms with Gasteiger partial charge in [0.05, 0.1) is 0 Å². The van der Waals surface area contributed by atoms with Gasteiger partial charge in [-0.05, 0) is 55.9 Å². The first kappa shape index (κ1) is 28.6. The van der Waals surface area contributed by atoms with Crippen LogP contribution in [0.15, 0.2) is 92.1 Å². The molecule has 2 rings (SSSR count). The number of aryl methyl sites for hydroxylation is 1. The molecule has 0 saturated heterocycles. The van der Waals surface area contributed by atoms with Gasteiger partial charge in [0, 0.05) is 0 Å². The Labute approximate surface area is 181 Å². The van der Waals surface area contributed by atoms with Crippen molar-refractivity contribution in [2.75, 3.05) is 0 Å². The van der Waals surface area contributed by atoms with E-state index >= 15 is 0 Å². The third-order valence-corrected chi connectivity index (χ3v) is 4.17. The first-order valence-corrected chi connectivity index (χ1v) is 10.5. The van der Waals surface area contributed by atoms with Gasteiger partial charge in [0.2, 0.25) is 0 Å². The van der Waals surface area contributed by atoms with Crippen LogP contribution in [0.25, 0.3) is 11.1 Å². The molecule has 0 atom stereocenters. The lowest BCUT2D eigenvalue weighted by Gasteiger charge is -2.09. The highest BCUT2D eigenvalue weighted by molar-refractivity contribution is 5.77.